The van der Waals surface area contributed by atoms with E-state index in [2.05, 4.69) is 0 Å². The van der Waals surface area contributed by atoms with E-state index in [1.807, 2.05) is 6.92 Å². The zero-order valence-electron chi connectivity index (χ0n) is 6.34. The monoisotopic (exact) mass is 142 g/mol. The Morgan fingerprint density at radius 2 is 2.30 bits per heavy atom. The Morgan fingerprint density at radius 3 is 2.60 bits per heavy atom. The van der Waals surface area contributed by atoms with Crippen LogP contribution in [0, 0.1) is 11.8 Å². The quantitative estimate of drug-likeness (QED) is 0.650. The molecule has 0 saturated heterocycles. The van der Waals surface area contributed by atoms with Gasteiger partial charge in [0.25, 0.3) is 0 Å². The molecule has 0 radical (unpaired) electrons. The van der Waals surface area contributed by atoms with Crippen molar-refractivity contribution in [2.45, 2.75) is 32.6 Å². The van der Waals surface area contributed by atoms with Crippen molar-refractivity contribution in [1.82, 2.24) is 0 Å². The van der Waals surface area contributed by atoms with Crippen molar-refractivity contribution in [3.63, 3.8) is 0 Å². The lowest BCUT2D eigenvalue weighted by Gasteiger charge is -2.07. The van der Waals surface area contributed by atoms with Crippen molar-refractivity contribution in [2.75, 3.05) is 0 Å². The summed E-state index contributed by atoms with van der Waals surface area (Å²) in [6.07, 6.45) is 4.13. The summed E-state index contributed by atoms with van der Waals surface area (Å²) in [6, 6.07) is 0. The third kappa shape index (κ3) is 1.72. The van der Waals surface area contributed by atoms with Gasteiger partial charge in [-0.3, -0.25) is 4.79 Å². The summed E-state index contributed by atoms with van der Waals surface area (Å²) in [4.78, 5) is 10.6. The molecule has 1 unspecified atom stereocenters. The van der Waals surface area contributed by atoms with E-state index < -0.39 is 5.97 Å². The standard InChI is InChI=1S/C8H14O2/c1-2-3-7(8(9)10)6-4-5-6/h6-7H,2-5H2,1H3,(H,9,10). The van der Waals surface area contributed by atoms with Crippen LogP contribution >= 0.6 is 0 Å². The van der Waals surface area contributed by atoms with Crippen LogP contribution in [0.2, 0.25) is 0 Å². The molecule has 58 valence electrons. The molecule has 2 nitrogen and oxygen atoms in total. The van der Waals surface area contributed by atoms with Gasteiger partial charge in [0.1, 0.15) is 0 Å². The van der Waals surface area contributed by atoms with Gasteiger partial charge in [-0.1, -0.05) is 13.3 Å². The highest BCUT2D eigenvalue weighted by atomic mass is 16.4. The highest BCUT2D eigenvalue weighted by Crippen LogP contribution is 2.39. The molecule has 1 aliphatic rings. The first-order valence-corrected chi connectivity index (χ1v) is 3.98. The number of rotatable bonds is 4. The summed E-state index contributed by atoms with van der Waals surface area (Å²) in [5.74, 6) is -0.119. The summed E-state index contributed by atoms with van der Waals surface area (Å²) >= 11 is 0. The maximum absolute atomic E-state index is 10.6. The van der Waals surface area contributed by atoms with Crippen molar-refractivity contribution in [1.29, 1.82) is 0 Å². The summed E-state index contributed by atoms with van der Waals surface area (Å²) in [5.41, 5.74) is 0. The van der Waals surface area contributed by atoms with Crippen molar-refractivity contribution < 1.29 is 9.90 Å². The minimum absolute atomic E-state index is 0.0370. The molecule has 10 heavy (non-hydrogen) atoms. The maximum atomic E-state index is 10.6. The second-order valence-electron chi connectivity index (χ2n) is 3.07. The average molecular weight is 142 g/mol. The molecule has 0 aliphatic heterocycles. The molecule has 0 amide bonds. The van der Waals surface area contributed by atoms with Gasteiger partial charge in [-0.2, -0.15) is 0 Å². The van der Waals surface area contributed by atoms with Crippen LogP contribution in [0.1, 0.15) is 32.6 Å². The number of hydrogen-bond donors (Lipinski definition) is 1. The van der Waals surface area contributed by atoms with E-state index in [4.69, 9.17) is 5.11 Å². The number of carboxylic acid groups (broad SMARTS) is 1. The van der Waals surface area contributed by atoms with E-state index in [1.54, 1.807) is 0 Å². The summed E-state index contributed by atoms with van der Waals surface area (Å²) in [5, 5.41) is 8.71. The first-order chi connectivity index (χ1) is 4.75. The molecule has 1 saturated carbocycles. The lowest BCUT2D eigenvalue weighted by Crippen LogP contribution is -2.15. The normalized spacial score (nSPS) is 20.5. The zero-order chi connectivity index (χ0) is 7.56. The van der Waals surface area contributed by atoms with Crippen LogP contribution in [0.25, 0.3) is 0 Å². The summed E-state index contributed by atoms with van der Waals surface area (Å²) in [6.45, 7) is 2.04. The molecule has 1 atom stereocenters. The minimum Gasteiger partial charge on any atom is -0.481 e. The van der Waals surface area contributed by atoms with Gasteiger partial charge in [0.15, 0.2) is 0 Å². The second-order valence-corrected chi connectivity index (χ2v) is 3.07. The highest BCUT2D eigenvalue weighted by molar-refractivity contribution is 5.70. The Morgan fingerprint density at radius 1 is 1.70 bits per heavy atom. The van der Waals surface area contributed by atoms with E-state index >= 15 is 0 Å². The van der Waals surface area contributed by atoms with Crippen LogP contribution < -0.4 is 0 Å². The fraction of sp³-hybridized carbons (Fsp3) is 0.875. The fourth-order valence-electron chi connectivity index (χ4n) is 1.37. The van der Waals surface area contributed by atoms with Crippen LogP contribution in [-0.4, -0.2) is 11.1 Å². The molecule has 0 aromatic rings. The molecule has 0 aromatic carbocycles. The lowest BCUT2D eigenvalue weighted by molar-refractivity contribution is -0.142. The molecule has 1 fully saturated rings. The van der Waals surface area contributed by atoms with Crippen LogP contribution in [-0.2, 0) is 4.79 Å². The molecule has 0 heterocycles. The first kappa shape index (κ1) is 7.58. The van der Waals surface area contributed by atoms with E-state index in [9.17, 15) is 4.79 Å². The lowest BCUT2D eigenvalue weighted by atomic mass is 9.99. The highest BCUT2D eigenvalue weighted by Gasteiger charge is 2.34. The molecule has 0 aromatic heterocycles. The van der Waals surface area contributed by atoms with Crippen molar-refractivity contribution in [3.05, 3.63) is 0 Å². The third-order valence-electron chi connectivity index (χ3n) is 2.11. The van der Waals surface area contributed by atoms with E-state index in [1.165, 1.54) is 0 Å². The number of hydrogen-bond acceptors (Lipinski definition) is 1. The minimum atomic E-state index is -0.593. The SMILES string of the molecule is CCCC(C(=O)O)C1CC1. The maximum Gasteiger partial charge on any atom is 0.306 e. The third-order valence-corrected chi connectivity index (χ3v) is 2.11. The molecular weight excluding hydrogens is 128 g/mol. The summed E-state index contributed by atoms with van der Waals surface area (Å²) in [7, 11) is 0. The average Bonchev–Trinajstić information content (AvgIpc) is 2.63. The molecule has 1 aliphatic carbocycles. The summed E-state index contributed by atoms with van der Waals surface area (Å²) < 4.78 is 0. The van der Waals surface area contributed by atoms with Gasteiger partial charge in [0.05, 0.1) is 5.92 Å². The van der Waals surface area contributed by atoms with E-state index in [0.29, 0.717) is 5.92 Å². The molecule has 2 heteroatoms. The first-order valence-electron chi connectivity index (χ1n) is 3.98. The van der Waals surface area contributed by atoms with Gasteiger partial charge in [0, 0.05) is 0 Å². The number of carboxylic acids is 1. The topological polar surface area (TPSA) is 37.3 Å². The van der Waals surface area contributed by atoms with Gasteiger partial charge in [0.2, 0.25) is 0 Å². The molecule has 0 bridgehead atoms. The Hall–Kier alpha value is -0.530. The van der Waals surface area contributed by atoms with Crippen molar-refractivity contribution >= 4 is 5.97 Å². The predicted molar refractivity (Wildman–Crippen MR) is 38.8 cm³/mol. The Balaban J connectivity index is 2.34. The molecular formula is C8H14O2. The molecule has 1 N–H and O–H groups in total. The van der Waals surface area contributed by atoms with E-state index in [0.717, 1.165) is 25.7 Å². The van der Waals surface area contributed by atoms with Gasteiger partial charge >= 0.3 is 5.97 Å². The molecule has 0 spiro atoms. The van der Waals surface area contributed by atoms with Crippen LogP contribution in [0.15, 0.2) is 0 Å². The Kier molecular flexibility index (Phi) is 2.30. The van der Waals surface area contributed by atoms with Gasteiger partial charge in [-0.15, -0.1) is 0 Å². The Bertz CT molecular complexity index is 127. The predicted octanol–water partition coefficient (Wildman–Crippen LogP) is 1.90. The van der Waals surface area contributed by atoms with E-state index in [-0.39, 0.29) is 5.92 Å². The Labute approximate surface area is 61.2 Å². The van der Waals surface area contributed by atoms with Crippen molar-refractivity contribution in [2.24, 2.45) is 11.8 Å². The van der Waals surface area contributed by atoms with Crippen LogP contribution in [0.3, 0.4) is 0 Å². The van der Waals surface area contributed by atoms with Crippen LogP contribution in [0.4, 0.5) is 0 Å². The van der Waals surface area contributed by atoms with Gasteiger partial charge in [-0.25, -0.2) is 0 Å². The van der Waals surface area contributed by atoms with Gasteiger partial charge in [-0.05, 0) is 25.2 Å². The van der Waals surface area contributed by atoms with Crippen LogP contribution in [0.5, 0.6) is 0 Å². The molecule has 1 rings (SSSR count). The number of aliphatic carboxylic acids is 1. The second kappa shape index (κ2) is 3.04. The van der Waals surface area contributed by atoms with Crippen molar-refractivity contribution in [3.8, 4) is 0 Å². The fourth-order valence-corrected chi connectivity index (χ4v) is 1.37. The largest absolute Gasteiger partial charge is 0.481 e. The smallest absolute Gasteiger partial charge is 0.306 e. The number of carbonyl (C=O) groups is 1. The zero-order valence-corrected chi connectivity index (χ0v) is 6.34. The van der Waals surface area contributed by atoms with Gasteiger partial charge < -0.3 is 5.11 Å².